The third-order valence-corrected chi connectivity index (χ3v) is 1.69. The number of rotatable bonds is 4. The molecular weight excluding hydrogens is 162 g/mol. The van der Waals surface area contributed by atoms with E-state index in [0.29, 0.717) is 6.54 Å². The molecule has 0 aliphatic rings. The van der Waals surface area contributed by atoms with Gasteiger partial charge in [-0.15, -0.1) is 0 Å². The maximum Gasteiger partial charge on any atom is 0.223 e. The summed E-state index contributed by atoms with van der Waals surface area (Å²) >= 11 is 0. The van der Waals surface area contributed by atoms with Crippen LogP contribution in [-0.4, -0.2) is 12.5 Å². The summed E-state index contributed by atoms with van der Waals surface area (Å²) in [5, 5.41) is 2.81. The molecule has 0 aliphatic heterocycles. The third kappa shape index (κ3) is 9.12. The second kappa shape index (κ2) is 11.2. The van der Waals surface area contributed by atoms with E-state index >= 15 is 0 Å². The molecule has 0 aliphatic carbocycles. The predicted molar refractivity (Wildman–Crippen MR) is 58.6 cm³/mol. The van der Waals surface area contributed by atoms with Crippen molar-refractivity contribution in [1.82, 2.24) is 5.32 Å². The molecule has 0 heterocycles. The van der Waals surface area contributed by atoms with E-state index in [2.05, 4.69) is 5.32 Å². The number of carbonyl (C=O) groups is 1. The first-order chi connectivity index (χ1) is 6.22. The zero-order valence-electron chi connectivity index (χ0n) is 9.55. The van der Waals surface area contributed by atoms with E-state index in [1.54, 1.807) is 0 Å². The van der Waals surface area contributed by atoms with Crippen LogP contribution in [0.25, 0.3) is 0 Å². The summed E-state index contributed by atoms with van der Waals surface area (Å²) in [5.74, 6) is 0.283. The Labute approximate surface area is 82.4 Å². The summed E-state index contributed by atoms with van der Waals surface area (Å²) in [7, 11) is 0. The highest BCUT2D eigenvalue weighted by Crippen LogP contribution is 1.98. The third-order valence-electron chi connectivity index (χ3n) is 1.69. The molecule has 1 amide bonds. The second-order valence-corrected chi connectivity index (χ2v) is 2.62. The number of allylic oxidation sites excluding steroid dienone is 1. The fourth-order valence-corrected chi connectivity index (χ4v) is 0.637. The molecule has 0 spiro atoms. The zero-order chi connectivity index (χ0) is 10.7. The van der Waals surface area contributed by atoms with E-state index < -0.39 is 0 Å². The van der Waals surface area contributed by atoms with Gasteiger partial charge in [0, 0.05) is 12.5 Å². The molecule has 2 heteroatoms. The average molecular weight is 185 g/mol. The van der Waals surface area contributed by atoms with Crippen molar-refractivity contribution in [3.8, 4) is 0 Å². The van der Waals surface area contributed by atoms with Crippen molar-refractivity contribution in [2.24, 2.45) is 5.92 Å². The summed E-state index contributed by atoms with van der Waals surface area (Å²) < 4.78 is 0. The highest BCUT2D eigenvalue weighted by Gasteiger charge is 2.07. The van der Waals surface area contributed by atoms with Gasteiger partial charge in [-0.1, -0.05) is 39.8 Å². The van der Waals surface area contributed by atoms with Crippen LogP contribution in [0, 0.1) is 5.92 Å². The van der Waals surface area contributed by atoms with Gasteiger partial charge in [0.05, 0.1) is 0 Å². The zero-order valence-corrected chi connectivity index (χ0v) is 9.55. The molecule has 0 saturated heterocycles. The second-order valence-electron chi connectivity index (χ2n) is 2.62. The van der Waals surface area contributed by atoms with Gasteiger partial charge in [-0.25, -0.2) is 0 Å². The van der Waals surface area contributed by atoms with Crippen LogP contribution in [0.15, 0.2) is 12.2 Å². The van der Waals surface area contributed by atoms with Crippen LogP contribution in [0.2, 0.25) is 0 Å². The molecule has 0 saturated carbocycles. The molecule has 2 nitrogen and oxygen atoms in total. The van der Waals surface area contributed by atoms with Gasteiger partial charge >= 0.3 is 0 Å². The first-order valence-corrected chi connectivity index (χ1v) is 5.11. The Morgan fingerprint density at radius 3 is 2.38 bits per heavy atom. The molecule has 0 fully saturated rings. The Morgan fingerprint density at radius 1 is 1.46 bits per heavy atom. The summed E-state index contributed by atoms with van der Waals surface area (Å²) in [6, 6.07) is 0. The van der Waals surface area contributed by atoms with E-state index in [9.17, 15) is 4.79 Å². The molecule has 0 rings (SSSR count). The number of nitrogens with one attached hydrogen (secondary N) is 1. The van der Waals surface area contributed by atoms with E-state index in [0.717, 1.165) is 6.42 Å². The minimum atomic E-state index is 0.139. The monoisotopic (exact) mass is 185 g/mol. The highest BCUT2D eigenvalue weighted by atomic mass is 16.1. The van der Waals surface area contributed by atoms with Crippen LogP contribution < -0.4 is 5.32 Å². The van der Waals surface area contributed by atoms with Crippen LogP contribution in [0.4, 0.5) is 0 Å². The fraction of sp³-hybridized carbons (Fsp3) is 0.727. The van der Waals surface area contributed by atoms with Crippen molar-refractivity contribution in [3.63, 3.8) is 0 Å². The van der Waals surface area contributed by atoms with Gasteiger partial charge in [-0.2, -0.15) is 0 Å². The molecule has 0 aromatic heterocycles. The van der Waals surface area contributed by atoms with Crippen LogP contribution >= 0.6 is 0 Å². The van der Waals surface area contributed by atoms with Gasteiger partial charge in [0.15, 0.2) is 0 Å². The minimum Gasteiger partial charge on any atom is -0.352 e. The Balaban J connectivity index is 0. The van der Waals surface area contributed by atoms with Crippen LogP contribution in [0.5, 0.6) is 0 Å². The average Bonchev–Trinajstić information content (AvgIpc) is 2.20. The van der Waals surface area contributed by atoms with Gasteiger partial charge in [0.25, 0.3) is 0 Å². The van der Waals surface area contributed by atoms with Crippen molar-refractivity contribution >= 4 is 5.91 Å². The molecule has 1 N–H and O–H groups in total. The normalized spacial score (nSPS) is 11.8. The van der Waals surface area contributed by atoms with Crippen LogP contribution in [0.3, 0.4) is 0 Å². The molecule has 0 bridgehead atoms. The molecule has 1 unspecified atom stereocenters. The highest BCUT2D eigenvalue weighted by molar-refractivity contribution is 5.78. The maximum absolute atomic E-state index is 11.1. The number of amides is 1. The Bertz CT molecular complexity index is 141. The Hall–Kier alpha value is -0.790. The Kier molecular flexibility index (Phi) is 12.7. The van der Waals surface area contributed by atoms with Gasteiger partial charge < -0.3 is 5.32 Å². The van der Waals surface area contributed by atoms with Crippen molar-refractivity contribution < 1.29 is 4.79 Å². The lowest BCUT2D eigenvalue weighted by Crippen LogP contribution is -2.28. The quantitative estimate of drug-likeness (QED) is 0.670. The predicted octanol–water partition coefficient (Wildman–Crippen LogP) is 2.75. The summed E-state index contributed by atoms with van der Waals surface area (Å²) in [4.78, 5) is 11.1. The smallest absolute Gasteiger partial charge is 0.223 e. The lowest BCUT2D eigenvalue weighted by Gasteiger charge is -2.07. The van der Waals surface area contributed by atoms with Gasteiger partial charge in [-0.05, 0) is 13.3 Å². The molecule has 0 aromatic carbocycles. The first-order valence-electron chi connectivity index (χ1n) is 5.11. The van der Waals surface area contributed by atoms with Gasteiger partial charge in [-0.3, -0.25) is 4.79 Å². The van der Waals surface area contributed by atoms with Crippen LogP contribution in [0.1, 0.15) is 41.0 Å². The SMILES string of the molecule is C/C=C/CNC(=O)C(C)CC.CC. The van der Waals surface area contributed by atoms with E-state index in [1.807, 2.05) is 46.8 Å². The summed E-state index contributed by atoms with van der Waals surface area (Å²) in [6.45, 7) is 10.5. The van der Waals surface area contributed by atoms with E-state index in [4.69, 9.17) is 0 Å². The van der Waals surface area contributed by atoms with Crippen molar-refractivity contribution in [3.05, 3.63) is 12.2 Å². The fourth-order valence-electron chi connectivity index (χ4n) is 0.637. The summed E-state index contributed by atoms with van der Waals surface area (Å²) in [6.07, 6.45) is 4.76. The van der Waals surface area contributed by atoms with Crippen molar-refractivity contribution in [1.29, 1.82) is 0 Å². The van der Waals surface area contributed by atoms with E-state index in [1.165, 1.54) is 0 Å². The van der Waals surface area contributed by atoms with Gasteiger partial charge in [0.2, 0.25) is 5.91 Å². The lowest BCUT2D eigenvalue weighted by molar-refractivity contribution is -0.124. The number of hydrogen-bond acceptors (Lipinski definition) is 1. The molecule has 13 heavy (non-hydrogen) atoms. The summed E-state index contributed by atoms with van der Waals surface area (Å²) in [5.41, 5.74) is 0. The minimum absolute atomic E-state index is 0.139. The molecule has 78 valence electrons. The van der Waals surface area contributed by atoms with E-state index in [-0.39, 0.29) is 11.8 Å². The topological polar surface area (TPSA) is 29.1 Å². The number of carbonyl (C=O) groups excluding carboxylic acids is 1. The lowest BCUT2D eigenvalue weighted by atomic mass is 10.1. The van der Waals surface area contributed by atoms with Crippen molar-refractivity contribution in [2.45, 2.75) is 41.0 Å². The number of hydrogen-bond donors (Lipinski definition) is 1. The first kappa shape index (κ1) is 14.7. The van der Waals surface area contributed by atoms with Crippen LogP contribution in [-0.2, 0) is 4.79 Å². The Morgan fingerprint density at radius 2 is 2.00 bits per heavy atom. The largest absolute Gasteiger partial charge is 0.352 e. The molecule has 0 aromatic rings. The van der Waals surface area contributed by atoms with Crippen molar-refractivity contribution in [2.75, 3.05) is 6.54 Å². The molecule has 1 atom stereocenters. The standard InChI is InChI=1S/C9H17NO.C2H6/c1-4-6-7-10-9(11)8(3)5-2;1-2/h4,6,8H,5,7H2,1-3H3,(H,10,11);1-2H3/b6-4+;. The van der Waals surface area contributed by atoms with Gasteiger partial charge in [0.1, 0.15) is 0 Å². The molecular formula is C11H23NO. The maximum atomic E-state index is 11.1. The molecule has 0 radical (unpaired) electrons.